The zero-order valence-electron chi connectivity index (χ0n) is 20.3. The van der Waals surface area contributed by atoms with Crippen molar-refractivity contribution in [2.45, 2.75) is 85.2 Å². The first-order chi connectivity index (χ1) is 15.4. The largest absolute Gasteiger partial charge is 0.508 e. The highest BCUT2D eigenvalue weighted by Gasteiger charge is 2.21. The molecule has 0 fully saturated rings. The molecule has 0 aromatic carbocycles. The summed E-state index contributed by atoms with van der Waals surface area (Å²) in [7, 11) is 0. The summed E-state index contributed by atoms with van der Waals surface area (Å²) >= 11 is 0. The van der Waals surface area contributed by atoms with E-state index in [-0.39, 0.29) is 38.3 Å². The number of ether oxygens (including phenoxy) is 5. The number of carbonyl (C=O) groups excluding carboxylic acids is 3. The van der Waals surface area contributed by atoms with Gasteiger partial charge in [-0.15, -0.1) is 0 Å². The lowest BCUT2D eigenvalue weighted by Crippen LogP contribution is -2.31. The van der Waals surface area contributed by atoms with E-state index in [9.17, 15) is 14.4 Å². The van der Waals surface area contributed by atoms with Crippen LogP contribution in [0.15, 0.2) is 12.7 Å². The fourth-order valence-corrected chi connectivity index (χ4v) is 2.89. The Labute approximate surface area is 192 Å². The van der Waals surface area contributed by atoms with Gasteiger partial charge in [0.1, 0.15) is 13.2 Å². The maximum Gasteiger partial charge on any atom is 0.508 e. The van der Waals surface area contributed by atoms with E-state index in [1.54, 1.807) is 0 Å². The van der Waals surface area contributed by atoms with Crippen molar-refractivity contribution in [3.63, 3.8) is 0 Å². The van der Waals surface area contributed by atoms with Crippen molar-refractivity contribution < 1.29 is 38.1 Å². The van der Waals surface area contributed by atoms with Crippen LogP contribution in [0, 0.1) is 11.8 Å². The number of hydrogen-bond donors (Lipinski definition) is 0. The Kier molecular flexibility index (Phi) is 18.1. The number of hydrogen-bond acceptors (Lipinski definition) is 8. The molecule has 32 heavy (non-hydrogen) atoms. The number of carbonyl (C=O) groups is 3. The fourth-order valence-electron chi connectivity index (χ4n) is 2.89. The molecule has 0 spiro atoms. The number of unbranched alkanes of at least 4 members (excludes halogenated alkanes) is 2. The van der Waals surface area contributed by atoms with Gasteiger partial charge in [0.2, 0.25) is 0 Å². The minimum atomic E-state index is -1.02. The molecular formula is C24H42O8. The summed E-state index contributed by atoms with van der Waals surface area (Å²) in [5, 5.41) is 0. The number of rotatable bonds is 18. The van der Waals surface area contributed by atoms with Gasteiger partial charge >= 0.3 is 18.3 Å². The van der Waals surface area contributed by atoms with Crippen molar-refractivity contribution in [3.8, 4) is 0 Å². The average molecular weight is 459 g/mol. The first-order valence-corrected chi connectivity index (χ1v) is 11.8. The third kappa shape index (κ3) is 15.5. The third-order valence-corrected chi connectivity index (χ3v) is 5.19. The summed E-state index contributed by atoms with van der Waals surface area (Å²) in [4.78, 5) is 35.4. The fraction of sp³-hybridized carbons (Fsp3) is 0.792. The molecule has 0 amide bonds. The normalized spacial score (nSPS) is 13.4. The summed E-state index contributed by atoms with van der Waals surface area (Å²) in [5.74, 6) is -0.149. The van der Waals surface area contributed by atoms with E-state index in [1.807, 2.05) is 13.8 Å². The summed E-state index contributed by atoms with van der Waals surface area (Å²) in [5.41, 5.74) is 0. The zero-order valence-corrected chi connectivity index (χ0v) is 20.3. The van der Waals surface area contributed by atoms with Gasteiger partial charge in [0.15, 0.2) is 6.10 Å². The van der Waals surface area contributed by atoms with Crippen molar-refractivity contribution >= 4 is 18.3 Å². The molecule has 0 saturated heterocycles. The second-order valence-corrected chi connectivity index (χ2v) is 7.84. The van der Waals surface area contributed by atoms with Crippen LogP contribution in [0.3, 0.4) is 0 Å². The van der Waals surface area contributed by atoms with E-state index >= 15 is 0 Å². The van der Waals surface area contributed by atoms with E-state index in [4.69, 9.17) is 23.7 Å². The van der Waals surface area contributed by atoms with Crippen molar-refractivity contribution in [2.75, 3.05) is 26.4 Å². The molecule has 0 aliphatic rings. The maximum atomic E-state index is 12.1. The van der Waals surface area contributed by atoms with Crippen LogP contribution in [-0.2, 0) is 28.5 Å². The average Bonchev–Trinajstić information content (AvgIpc) is 2.80. The molecule has 0 heterocycles. The van der Waals surface area contributed by atoms with E-state index in [2.05, 4.69) is 20.4 Å². The number of esters is 1. The van der Waals surface area contributed by atoms with E-state index < -0.39 is 24.4 Å². The van der Waals surface area contributed by atoms with E-state index in [0.717, 1.165) is 57.4 Å². The minimum absolute atomic E-state index is 0.244. The van der Waals surface area contributed by atoms with Gasteiger partial charge in [0.05, 0.1) is 13.2 Å². The van der Waals surface area contributed by atoms with Gasteiger partial charge in [-0.25, -0.2) is 14.4 Å². The second kappa shape index (κ2) is 19.4. The molecule has 186 valence electrons. The lowest BCUT2D eigenvalue weighted by molar-refractivity contribution is -0.142. The molecular weight excluding hydrogens is 416 g/mol. The van der Waals surface area contributed by atoms with Gasteiger partial charge in [0, 0.05) is 6.08 Å². The Balaban J connectivity index is 4.59. The van der Waals surface area contributed by atoms with Crippen LogP contribution in [0.1, 0.15) is 79.1 Å². The first kappa shape index (κ1) is 29.8. The topological polar surface area (TPSA) is 97.4 Å². The Morgan fingerprint density at radius 3 is 1.66 bits per heavy atom. The SMILES string of the molecule is C=CC(=O)OCC(COC(=O)OCC(CC)CCCC)OC(=O)OCC(CC)CCCC. The van der Waals surface area contributed by atoms with Crippen LogP contribution in [0.5, 0.6) is 0 Å². The monoisotopic (exact) mass is 458 g/mol. The Morgan fingerprint density at radius 2 is 1.19 bits per heavy atom. The van der Waals surface area contributed by atoms with Gasteiger partial charge < -0.3 is 23.7 Å². The predicted molar refractivity (Wildman–Crippen MR) is 121 cm³/mol. The highest BCUT2D eigenvalue weighted by Crippen LogP contribution is 2.14. The molecule has 0 radical (unpaired) electrons. The molecule has 3 atom stereocenters. The van der Waals surface area contributed by atoms with E-state index in [0.29, 0.717) is 0 Å². The summed E-state index contributed by atoms with van der Waals surface area (Å²) < 4.78 is 25.5. The lowest BCUT2D eigenvalue weighted by atomic mass is 10.0. The molecule has 0 rings (SSSR count). The van der Waals surface area contributed by atoms with Crippen LogP contribution in [-0.4, -0.2) is 50.8 Å². The summed E-state index contributed by atoms with van der Waals surface area (Å²) in [6.45, 7) is 11.5. The van der Waals surface area contributed by atoms with Gasteiger partial charge in [0.25, 0.3) is 0 Å². The van der Waals surface area contributed by atoms with Crippen LogP contribution in [0.4, 0.5) is 9.59 Å². The standard InChI is InChI=1S/C24H42O8/c1-6-11-13-19(8-3)15-29-23(26)31-18-21(17-28-22(25)10-5)32-24(27)30-16-20(9-4)14-12-7-2/h10,19-21H,5-9,11-18H2,1-4H3. The molecule has 3 unspecified atom stereocenters. The molecule has 8 nitrogen and oxygen atoms in total. The predicted octanol–water partition coefficient (Wildman–Crippen LogP) is 5.82. The first-order valence-electron chi connectivity index (χ1n) is 11.8. The second-order valence-electron chi connectivity index (χ2n) is 7.84. The molecule has 8 heteroatoms. The molecule has 0 aliphatic carbocycles. The Morgan fingerprint density at radius 1 is 0.719 bits per heavy atom. The lowest BCUT2D eigenvalue weighted by Gasteiger charge is -2.19. The summed E-state index contributed by atoms with van der Waals surface area (Å²) in [6.07, 6.45) is 6.23. The highest BCUT2D eigenvalue weighted by molar-refractivity contribution is 5.81. The maximum absolute atomic E-state index is 12.1. The van der Waals surface area contributed by atoms with Crippen LogP contribution >= 0.6 is 0 Å². The van der Waals surface area contributed by atoms with Crippen molar-refractivity contribution in [1.29, 1.82) is 0 Å². The van der Waals surface area contributed by atoms with Gasteiger partial charge in [-0.2, -0.15) is 0 Å². The zero-order chi connectivity index (χ0) is 24.2. The molecule has 0 saturated carbocycles. The molecule has 0 aromatic heterocycles. The third-order valence-electron chi connectivity index (χ3n) is 5.19. The van der Waals surface area contributed by atoms with Gasteiger partial charge in [-0.05, 0) is 24.7 Å². The summed E-state index contributed by atoms with van der Waals surface area (Å²) in [6, 6.07) is 0. The van der Waals surface area contributed by atoms with Crippen molar-refractivity contribution in [2.24, 2.45) is 11.8 Å². The van der Waals surface area contributed by atoms with Crippen LogP contribution in [0.2, 0.25) is 0 Å². The molecule has 0 aliphatic heterocycles. The van der Waals surface area contributed by atoms with Crippen molar-refractivity contribution in [3.05, 3.63) is 12.7 Å². The Hall–Kier alpha value is -2.25. The van der Waals surface area contributed by atoms with Crippen LogP contribution in [0.25, 0.3) is 0 Å². The molecule has 0 aromatic rings. The quantitative estimate of drug-likeness (QED) is 0.144. The molecule has 0 bridgehead atoms. The Bertz CT molecular complexity index is 534. The van der Waals surface area contributed by atoms with Gasteiger partial charge in [-0.1, -0.05) is 72.8 Å². The van der Waals surface area contributed by atoms with Gasteiger partial charge in [-0.3, -0.25) is 0 Å². The highest BCUT2D eigenvalue weighted by atomic mass is 16.8. The molecule has 0 N–H and O–H groups in total. The minimum Gasteiger partial charge on any atom is -0.458 e. The van der Waals surface area contributed by atoms with E-state index in [1.165, 1.54) is 0 Å². The smallest absolute Gasteiger partial charge is 0.458 e. The van der Waals surface area contributed by atoms with Crippen LogP contribution < -0.4 is 0 Å². The van der Waals surface area contributed by atoms with Crippen molar-refractivity contribution in [1.82, 2.24) is 0 Å².